The van der Waals surface area contributed by atoms with Gasteiger partial charge >= 0.3 is 6.09 Å². The maximum atomic E-state index is 15.1. The van der Waals surface area contributed by atoms with Gasteiger partial charge in [0.05, 0.1) is 24.5 Å². The number of carbonyl (C=O) groups excluding carboxylic acids is 1. The number of carbonyl (C=O) groups is 1. The van der Waals surface area contributed by atoms with Crippen LogP contribution in [0, 0.1) is 11.6 Å². The van der Waals surface area contributed by atoms with Crippen molar-refractivity contribution in [1.29, 1.82) is 0 Å². The van der Waals surface area contributed by atoms with Crippen molar-refractivity contribution in [2.24, 2.45) is 4.99 Å². The molecular formula is C25H25F2N7O2. The van der Waals surface area contributed by atoms with E-state index in [1.54, 1.807) is 37.5 Å². The number of halogens is 2. The number of amides is 1. The quantitative estimate of drug-likeness (QED) is 0.485. The van der Waals surface area contributed by atoms with Gasteiger partial charge in [-0.05, 0) is 65.2 Å². The van der Waals surface area contributed by atoms with Gasteiger partial charge in [-0.15, -0.1) is 5.10 Å². The Labute approximate surface area is 206 Å². The van der Waals surface area contributed by atoms with Crippen molar-refractivity contribution < 1.29 is 18.3 Å². The molecule has 2 aliphatic rings. The summed E-state index contributed by atoms with van der Waals surface area (Å²) in [6.45, 7) is 1.95. The Kier molecular flexibility index (Phi) is 6.70. The normalized spacial score (nSPS) is 18.2. The lowest BCUT2D eigenvalue weighted by atomic mass is 10.0. The van der Waals surface area contributed by atoms with Gasteiger partial charge in [0, 0.05) is 31.9 Å². The number of hydrogen-bond acceptors (Lipinski definition) is 7. The number of aliphatic imine (C=N–C) groups is 1. The number of tetrazole rings is 1. The summed E-state index contributed by atoms with van der Waals surface area (Å²) in [7, 11) is 1.73. The average Bonchev–Trinajstić information content (AvgIpc) is 3.52. The van der Waals surface area contributed by atoms with Crippen molar-refractivity contribution in [3.63, 3.8) is 0 Å². The molecule has 36 heavy (non-hydrogen) atoms. The molecule has 2 aliphatic heterocycles. The van der Waals surface area contributed by atoms with Crippen LogP contribution in [0.3, 0.4) is 0 Å². The first kappa shape index (κ1) is 23.6. The number of anilines is 2. The first-order valence-corrected chi connectivity index (χ1v) is 11.7. The summed E-state index contributed by atoms with van der Waals surface area (Å²) in [6, 6.07) is 9.21. The molecule has 0 radical (unpaired) electrons. The van der Waals surface area contributed by atoms with E-state index >= 15 is 8.78 Å². The van der Waals surface area contributed by atoms with Crippen molar-refractivity contribution in [1.82, 2.24) is 20.2 Å². The van der Waals surface area contributed by atoms with Crippen molar-refractivity contribution in [2.75, 3.05) is 36.5 Å². The third-order valence-corrected chi connectivity index (χ3v) is 6.38. The smallest absolute Gasteiger partial charge is 0.414 e. The summed E-state index contributed by atoms with van der Waals surface area (Å²) in [5.41, 5.74) is 2.84. The fraction of sp³-hybridized carbons (Fsp3) is 0.320. The largest absolute Gasteiger partial charge is 0.442 e. The summed E-state index contributed by atoms with van der Waals surface area (Å²) < 4.78 is 36.9. The molecule has 11 heteroatoms. The first-order chi connectivity index (χ1) is 17.5. The lowest BCUT2D eigenvalue weighted by molar-refractivity contribution is 0.129. The molecule has 0 N–H and O–H groups in total. The zero-order chi connectivity index (χ0) is 25.1. The van der Waals surface area contributed by atoms with E-state index in [1.165, 1.54) is 33.6 Å². The molecule has 0 bridgehead atoms. The summed E-state index contributed by atoms with van der Waals surface area (Å²) in [5.74, 6) is -0.950. The zero-order valence-electron chi connectivity index (χ0n) is 19.7. The molecule has 3 heterocycles. The minimum Gasteiger partial charge on any atom is -0.442 e. The molecule has 186 valence electrons. The Bertz CT molecular complexity index is 1300. The molecular weight excluding hydrogens is 468 g/mol. The molecule has 0 unspecified atom stereocenters. The maximum absolute atomic E-state index is 15.1. The Morgan fingerprint density at radius 2 is 1.97 bits per heavy atom. The van der Waals surface area contributed by atoms with Crippen LogP contribution in [0.15, 0.2) is 59.4 Å². The summed E-state index contributed by atoms with van der Waals surface area (Å²) in [5, 5.41) is 10.9. The van der Waals surface area contributed by atoms with E-state index in [1.807, 2.05) is 11.0 Å². The number of cyclic esters (lactones) is 1. The molecule has 2 saturated heterocycles. The lowest BCUT2D eigenvalue weighted by Crippen LogP contribution is -2.31. The fourth-order valence-electron chi connectivity index (χ4n) is 4.52. The maximum Gasteiger partial charge on any atom is 0.414 e. The van der Waals surface area contributed by atoms with E-state index < -0.39 is 23.8 Å². The SMILES string of the molecule is CN=CC=C1CCN(c2ccc(-c3ccc(N4C[C@H](Cn5cnnn5)OC4=O)cc3F)cc2F)CC1. The van der Waals surface area contributed by atoms with Gasteiger partial charge in [-0.1, -0.05) is 11.6 Å². The monoisotopic (exact) mass is 493 g/mol. The van der Waals surface area contributed by atoms with Crippen molar-refractivity contribution in [3.05, 3.63) is 66.0 Å². The van der Waals surface area contributed by atoms with E-state index in [0.717, 1.165) is 12.8 Å². The highest BCUT2D eigenvalue weighted by Gasteiger charge is 2.33. The van der Waals surface area contributed by atoms with Gasteiger partial charge in [-0.3, -0.25) is 9.89 Å². The number of piperidine rings is 1. The van der Waals surface area contributed by atoms with Crippen LogP contribution in [0.5, 0.6) is 0 Å². The summed E-state index contributed by atoms with van der Waals surface area (Å²) in [6.07, 6.45) is 5.88. The molecule has 0 aliphatic carbocycles. The van der Waals surface area contributed by atoms with E-state index in [4.69, 9.17) is 4.74 Å². The minimum absolute atomic E-state index is 0.235. The second kappa shape index (κ2) is 10.2. The summed E-state index contributed by atoms with van der Waals surface area (Å²) in [4.78, 5) is 19.7. The molecule has 2 fully saturated rings. The van der Waals surface area contributed by atoms with Crippen LogP contribution in [-0.4, -0.2) is 65.3 Å². The van der Waals surface area contributed by atoms with Gasteiger partial charge in [0.25, 0.3) is 0 Å². The van der Waals surface area contributed by atoms with Gasteiger partial charge in [0.1, 0.15) is 24.1 Å². The van der Waals surface area contributed by atoms with Gasteiger partial charge < -0.3 is 9.64 Å². The van der Waals surface area contributed by atoms with Crippen LogP contribution in [0.2, 0.25) is 0 Å². The second-order valence-electron chi connectivity index (χ2n) is 8.70. The standard InChI is InChI=1S/C25H25F2N7O2/c1-28-9-6-17-7-10-32(11-8-17)24-5-2-18(12-23(24)27)21-4-3-19(13-22(21)26)34-15-20(36-25(34)35)14-33-16-29-30-31-33/h2-6,9,12-13,16,20H,7-8,10-11,14-15H2,1H3/t20-/m0/s1. The molecule has 1 atom stereocenters. The number of rotatable bonds is 6. The number of aromatic nitrogens is 4. The van der Waals surface area contributed by atoms with Crippen molar-refractivity contribution >= 4 is 23.7 Å². The molecule has 1 aromatic heterocycles. The van der Waals surface area contributed by atoms with E-state index in [0.29, 0.717) is 36.6 Å². The molecule has 0 saturated carbocycles. The zero-order valence-corrected chi connectivity index (χ0v) is 19.7. The Hall–Kier alpha value is -4.15. The van der Waals surface area contributed by atoms with E-state index in [9.17, 15) is 4.79 Å². The van der Waals surface area contributed by atoms with Crippen LogP contribution >= 0.6 is 0 Å². The van der Waals surface area contributed by atoms with E-state index in [-0.39, 0.29) is 12.1 Å². The number of allylic oxidation sites excluding steroid dienone is 1. The van der Waals surface area contributed by atoms with Crippen LogP contribution in [0.1, 0.15) is 12.8 Å². The highest BCUT2D eigenvalue weighted by molar-refractivity contribution is 5.90. The van der Waals surface area contributed by atoms with Crippen LogP contribution < -0.4 is 9.80 Å². The third kappa shape index (κ3) is 4.95. The Morgan fingerprint density at radius 1 is 1.14 bits per heavy atom. The van der Waals surface area contributed by atoms with E-state index in [2.05, 4.69) is 20.5 Å². The fourth-order valence-corrected chi connectivity index (χ4v) is 4.52. The predicted molar refractivity (Wildman–Crippen MR) is 131 cm³/mol. The van der Waals surface area contributed by atoms with Gasteiger partial charge in [0.2, 0.25) is 0 Å². The second-order valence-corrected chi connectivity index (χ2v) is 8.70. The highest BCUT2D eigenvalue weighted by atomic mass is 19.1. The Morgan fingerprint density at radius 3 is 2.67 bits per heavy atom. The number of hydrogen-bond donors (Lipinski definition) is 0. The molecule has 1 amide bonds. The highest BCUT2D eigenvalue weighted by Crippen LogP contribution is 2.33. The van der Waals surface area contributed by atoms with Crippen LogP contribution in [-0.2, 0) is 11.3 Å². The molecule has 5 rings (SSSR count). The van der Waals surface area contributed by atoms with Crippen LogP contribution in [0.4, 0.5) is 25.0 Å². The van der Waals surface area contributed by atoms with Crippen molar-refractivity contribution in [2.45, 2.75) is 25.5 Å². The van der Waals surface area contributed by atoms with Crippen molar-refractivity contribution in [3.8, 4) is 11.1 Å². The predicted octanol–water partition coefficient (Wildman–Crippen LogP) is 3.87. The molecule has 0 spiro atoms. The van der Waals surface area contributed by atoms with Gasteiger partial charge in [0.15, 0.2) is 0 Å². The van der Waals surface area contributed by atoms with Gasteiger partial charge in [-0.2, -0.15) is 0 Å². The Balaban J connectivity index is 1.28. The average molecular weight is 494 g/mol. The number of nitrogens with zero attached hydrogens (tertiary/aromatic N) is 7. The lowest BCUT2D eigenvalue weighted by Gasteiger charge is -2.30. The van der Waals surface area contributed by atoms with Gasteiger partial charge in [-0.25, -0.2) is 18.3 Å². The third-order valence-electron chi connectivity index (χ3n) is 6.38. The molecule has 3 aromatic rings. The minimum atomic E-state index is -0.572. The molecule has 9 nitrogen and oxygen atoms in total. The summed E-state index contributed by atoms with van der Waals surface area (Å²) >= 11 is 0. The molecule has 2 aromatic carbocycles. The number of benzene rings is 2. The number of ether oxygens (including phenoxy) is 1. The first-order valence-electron chi connectivity index (χ1n) is 11.7. The topological polar surface area (TPSA) is 88.7 Å². The van der Waals surface area contributed by atoms with Crippen LogP contribution in [0.25, 0.3) is 11.1 Å².